The Kier molecular flexibility index (Phi) is 50.4. The highest BCUT2D eigenvalue weighted by Gasteiger charge is 2.19. The Morgan fingerprint density at radius 1 is 0.344 bits per heavy atom. The molecule has 64 heavy (non-hydrogen) atoms. The highest BCUT2D eigenvalue weighted by Crippen LogP contribution is 2.16. The van der Waals surface area contributed by atoms with E-state index in [0.29, 0.717) is 19.3 Å². The van der Waals surface area contributed by atoms with E-state index in [1.54, 1.807) is 0 Å². The van der Waals surface area contributed by atoms with E-state index in [1.807, 2.05) is 0 Å². The SMILES string of the molecule is CC/C=C\C/C=C\C/C=C\CCCCC(=O)OCC(COC(=O)CCCCCCCCCCCC/C=C\C=C/CCCCC)OC(=O)CCCCCCCCCCCCCCCCC. The van der Waals surface area contributed by atoms with Crippen molar-refractivity contribution in [3.63, 3.8) is 0 Å². The van der Waals surface area contributed by atoms with E-state index in [-0.39, 0.29) is 31.1 Å². The third-order valence-electron chi connectivity index (χ3n) is 11.8. The highest BCUT2D eigenvalue weighted by atomic mass is 16.6. The average Bonchev–Trinajstić information content (AvgIpc) is 3.29. The maximum Gasteiger partial charge on any atom is 0.306 e. The molecule has 0 saturated carbocycles. The van der Waals surface area contributed by atoms with E-state index >= 15 is 0 Å². The summed E-state index contributed by atoms with van der Waals surface area (Å²) in [4.78, 5) is 38.0. The summed E-state index contributed by atoms with van der Waals surface area (Å²) < 4.78 is 16.8. The first-order valence-electron chi connectivity index (χ1n) is 27.3. The molecule has 6 heteroatoms. The zero-order valence-electron chi connectivity index (χ0n) is 42.3. The fourth-order valence-corrected chi connectivity index (χ4v) is 7.68. The van der Waals surface area contributed by atoms with E-state index in [0.717, 1.165) is 77.0 Å². The summed E-state index contributed by atoms with van der Waals surface area (Å²) in [5.41, 5.74) is 0. The van der Waals surface area contributed by atoms with Crippen molar-refractivity contribution >= 4 is 17.9 Å². The van der Waals surface area contributed by atoms with E-state index in [9.17, 15) is 14.4 Å². The van der Waals surface area contributed by atoms with Crippen molar-refractivity contribution < 1.29 is 28.6 Å². The first kappa shape index (κ1) is 61.1. The molecule has 0 aliphatic heterocycles. The predicted molar refractivity (Wildman–Crippen MR) is 275 cm³/mol. The van der Waals surface area contributed by atoms with Gasteiger partial charge < -0.3 is 14.2 Å². The number of rotatable bonds is 49. The minimum Gasteiger partial charge on any atom is -0.462 e. The maximum atomic E-state index is 12.8. The third kappa shape index (κ3) is 50.1. The van der Waals surface area contributed by atoms with Gasteiger partial charge in [-0.05, 0) is 77.0 Å². The Balaban J connectivity index is 4.36. The Morgan fingerprint density at radius 2 is 0.656 bits per heavy atom. The van der Waals surface area contributed by atoms with Crippen LogP contribution in [-0.2, 0) is 28.6 Å². The number of allylic oxidation sites excluding steroid dienone is 10. The number of esters is 3. The molecule has 0 heterocycles. The van der Waals surface area contributed by atoms with Gasteiger partial charge in [0.25, 0.3) is 0 Å². The lowest BCUT2D eigenvalue weighted by Crippen LogP contribution is -2.30. The lowest BCUT2D eigenvalue weighted by atomic mass is 10.0. The number of ether oxygens (including phenoxy) is 3. The summed E-state index contributed by atoms with van der Waals surface area (Å²) in [6.45, 7) is 6.48. The molecule has 0 aromatic carbocycles. The van der Waals surface area contributed by atoms with Gasteiger partial charge in [0, 0.05) is 19.3 Å². The van der Waals surface area contributed by atoms with Gasteiger partial charge in [0.2, 0.25) is 0 Å². The van der Waals surface area contributed by atoms with Crippen LogP contribution < -0.4 is 0 Å². The fraction of sp³-hybridized carbons (Fsp3) is 0.776. The molecule has 1 atom stereocenters. The van der Waals surface area contributed by atoms with Crippen LogP contribution in [0.3, 0.4) is 0 Å². The van der Waals surface area contributed by atoms with Crippen LogP contribution in [0.25, 0.3) is 0 Å². The van der Waals surface area contributed by atoms with Gasteiger partial charge in [-0.25, -0.2) is 0 Å². The van der Waals surface area contributed by atoms with Gasteiger partial charge in [-0.15, -0.1) is 0 Å². The van der Waals surface area contributed by atoms with Gasteiger partial charge in [-0.3, -0.25) is 14.4 Å². The molecule has 0 aliphatic rings. The molecule has 0 aromatic rings. The van der Waals surface area contributed by atoms with E-state index in [4.69, 9.17) is 14.2 Å². The molecule has 0 spiro atoms. The van der Waals surface area contributed by atoms with Crippen LogP contribution in [0, 0.1) is 0 Å². The van der Waals surface area contributed by atoms with Crippen molar-refractivity contribution in [2.24, 2.45) is 0 Å². The topological polar surface area (TPSA) is 78.9 Å². The van der Waals surface area contributed by atoms with Gasteiger partial charge in [0.05, 0.1) is 0 Å². The van der Waals surface area contributed by atoms with Gasteiger partial charge >= 0.3 is 17.9 Å². The molecule has 1 unspecified atom stereocenters. The van der Waals surface area contributed by atoms with Crippen molar-refractivity contribution in [1.29, 1.82) is 0 Å². The zero-order valence-corrected chi connectivity index (χ0v) is 42.3. The molecule has 0 fully saturated rings. The van der Waals surface area contributed by atoms with Crippen molar-refractivity contribution in [2.45, 2.75) is 277 Å². The Morgan fingerprint density at radius 3 is 1.11 bits per heavy atom. The quantitative estimate of drug-likeness (QED) is 0.0199. The summed E-state index contributed by atoms with van der Waals surface area (Å²) in [7, 11) is 0. The van der Waals surface area contributed by atoms with Gasteiger partial charge in [0.1, 0.15) is 13.2 Å². The molecule has 0 radical (unpaired) electrons. The van der Waals surface area contributed by atoms with Crippen molar-refractivity contribution in [3.8, 4) is 0 Å². The summed E-state index contributed by atoms with van der Waals surface area (Å²) in [5.74, 6) is -0.921. The lowest BCUT2D eigenvalue weighted by molar-refractivity contribution is -0.167. The first-order chi connectivity index (χ1) is 31.5. The molecular weight excluding hydrogens is 793 g/mol. The average molecular weight is 895 g/mol. The first-order valence-corrected chi connectivity index (χ1v) is 27.3. The summed E-state index contributed by atoms with van der Waals surface area (Å²) >= 11 is 0. The van der Waals surface area contributed by atoms with E-state index < -0.39 is 6.10 Å². The maximum absolute atomic E-state index is 12.8. The molecule has 0 bridgehead atoms. The molecule has 0 aromatic heterocycles. The predicted octanol–water partition coefficient (Wildman–Crippen LogP) is 18.0. The lowest BCUT2D eigenvalue weighted by Gasteiger charge is -2.18. The number of carbonyl (C=O) groups excluding carboxylic acids is 3. The van der Waals surface area contributed by atoms with Gasteiger partial charge in [0.15, 0.2) is 6.10 Å². The number of hydrogen-bond donors (Lipinski definition) is 0. The van der Waals surface area contributed by atoms with Crippen molar-refractivity contribution in [2.75, 3.05) is 13.2 Å². The van der Waals surface area contributed by atoms with Crippen molar-refractivity contribution in [3.05, 3.63) is 60.8 Å². The van der Waals surface area contributed by atoms with Crippen LogP contribution in [-0.4, -0.2) is 37.2 Å². The van der Waals surface area contributed by atoms with Gasteiger partial charge in [-0.1, -0.05) is 236 Å². The van der Waals surface area contributed by atoms with Crippen molar-refractivity contribution in [1.82, 2.24) is 0 Å². The molecule has 0 N–H and O–H groups in total. The number of hydrogen-bond acceptors (Lipinski definition) is 6. The molecule has 0 amide bonds. The van der Waals surface area contributed by atoms with Crippen LogP contribution >= 0.6 is 0 Å². The minimum atomic E-state index is -0.788. The summed E-state index contributed by atoms with van der Waals surface area (Å²) in [6, 6.07) is 0. The van der Waals surface area contributed by atoms with Crippen LogP contribution in [0.2, 0.25) is 0 Å². The second-order valence-corrected chi connectivity index (χ2v) is 18.1. The Hall–Kier alpha value is -2.89. The fourth-order valence-electron chi connectivity index (χ4n) is 7.68. The third-order valence-corrected chi connectivity index (χ3v) is 11.8. The Labute approximate surface area is 396 Å². The number of unbranched alkanes of at least 4 members (excludes halogenated alkanes) is 29. The van der Waals surface area contributed by atoms with E-state index in [2.05, 4.69) is 81.5 Å². The second kappa shape index (κ2) is 52.7. The second-order valence-electron chi connectivity index (χ2n) is 18.1. The smallest absolute Gasteiger partial charge is 0.306 e. The van der Waals surface area contributed by atoms with Crippen LogP contribution in [0.4, 0.5) is 0 Å². The zero-order chi connectivity index (χ0) is 46.5. The summed E-state index contributed by atoms with van der Waals surface area (Å²) in [6.07, 6.45) is 65.0. The highest BCUT2D eigenvalue weighted by molar-refractivity contribution is 5.71. The molecule has 0 rings (SSSR count). The van der Waals surface area contributed by atoms with Gasteiger partial charge in [-0.2, -0.15) is 0 Å². The van der Waals surface area contributed by atoms with Crippen LogP contribution in [0.15, 0.2) is 60.8 Å². The molecule has 370 valence electrons. The molecule has 6 nitrogen and oxygen atoms in total. The largest absolute Gasteiger partial charge is 0.462 e. The Bertz CT molecular complexity index is 1170. The standard InChI is InChI=1S/C58H102O6/c1-4-7-10-13-16-19-22-25-27-28-29-30-32-33-36-39-42-45-48-51-57(60)63-54-55(53-62-56(59)50-47-44-41-38-35-24-21-18-15-12-9-6-3)64-58(61)52-49-46-43-40-37-34-31-26-23-20-17-14-11-8-5-2/h9,12,16,18-19,21-22,25,35,38,55H,4-8,10-11,13-15,17,20,23-24,26-34,36-37,39-54H2,1-3H3/b12-9-,19-16-,21-18-,25-22-,38-35-. The molecule has 0 saturated heterocycles. The van der Waals surface area contributed by atoms with E-state index in [1.165, 1.54) is 154 Å². The monoisotopic (exact) mass is 895 g/mol. The van der Waals surface area contributed by atoms with Crippen LogP contribution in [0.1, 0.15) is 271 Å². The van der Waals surface area contributed by atoms with Crippen LogP contribution in [0.5, 0.6) is 0 Å². The summed E-state index contributed by atoms with van der Waals surface area (Å²) in [5, 5.41) is 0. The number of carbonyl (C=O) groups is 3. The molecule has 0 aliphatic carbocycles. The molecular formula is C58H102O6. The normalized spacial score (nSPS) is 12.5. The minimum absolute atomic E-state index is 0.0860.